The van der Waals surface area contributed by atoms with E-state index in [1.54, 1.807) is 13.0 Å². The molecule has 0 saturated heterocycles. The first-order valence-corrected chi connectivity index (χ1v) is 5.21. The maximum Gasteiger partial charge on any atom is 0.282 e. The molecular formula is C11H14N2O4. The van der Waals surface area contributed by atoms with Gasteiger partial charge in [-0.05, 0) is 19.4 Å². The summed E-state index contributed by atoms with van der Waals surface area (Å²) in [5.41, 5.74) is -0.191. The number of nitrogens with zero attached hydrogens (tertiary/aromatic N) is 1. The first-order chi connectivity index (χ1) is 8.06. The number of nitrogens with one attached hydrogen (secondary N) is 1. The van der Waals surface area contributed by atoms with E-state index in [0.29, 0.717) is 6.42 Å². The van der Waals surface area contributed by atoms with Crippen molar-refractivity contribution in [3.05, 3.63) is 39.9 Å². The van der Waals surface area contributed by atoms with Crippen LogP contribution in [0.25, 0.3) is 0 Å². The largest absolute Gasteiger partial charge is 0.396 e. The summed E-state index contributed by atoms with van der Waals surface area (Å²) >= 11 is 0. The van der Waals surface area contributed by atoms with Crippen LogP contribution in [0.5, 0.6) is 0 Å². The van der Waals surface area contributed by atoms with Crippen molar-refractivity contribution in [3.63, 3.8) is 0 Å². The van der Waals surface area contributed by atoms with Crippen LogP contribution in [0, 0.1) is 10.1 Å². The number of para-hydroxylation sites is 1. The van der Waals surface area contributed by atoms with E-state index in [0.717, 1.165) is 0 Å². The Bertz CT molecular complexity index is 420. The molecule has 1 atom stereocenters. The monoisotopic (exact) mass is 238 g/mol. The van der Waals surface area contributed by atoms with E-state index in [4.69, 9.17) is 5.11 Å². The molecule has 0 bridgehead atoms. The second kappa shape index (κ2) is 5.95. The second-order valence-electron chi connectivity index (χ2n) is 3.66. The van der Waals surface area contributed by atoms with Crippen molar-refractivity contribution < 1.29 is 14.8 Å². The highest BCUT2D eigenvalue weighted by atomic mass is 16.6. The Kier molecular flexibility index (Phi) is 4.59. The fourth-order valence-corrected chi connectivity index (χ4v) is 1.39. The third kappa shape index (κ3) is 3.53. The minimum absolute atomic E-state index is 0.0299. The molecule has 17 heavy (non-hydrogen) atoms. The maximum atomic E-state index is 11.8. The fraction of sp³-hybridized carbons (Fsp3) is 0.364. The van der Waals surface area contributed by atoms with E-state index >= 15 is 0 Å². The molecule has 0 aliphatic rings. The van der Waals surface area contributed by atoms with Crippen molar-refractivity contribution in [3.8, 4) is 0 Å². The van der Waals surface area contributed by atoms with Crippen molar-refractivity contribution in [2.45, 2.75) is 19.4 Å². The van der Waals surface area contributed by atoms with Gasteiger partial charge < -0.3 is 10.4 Å². The molecule has 0 aliphatic heterocycles. The molecule has 1 aromatic rings. The summed E-state index contributed by atoms with van der Waals surface area (Å²) in [5, 5.41) is 22.0. The van der Waals surface area contributed by atoms with Crippen LogP contribution in [0.4, 0.5) is 5.69 Å². The van der Waals surface area contributed by atoms with E-state index in [2.05, 4.69) is 5.32 Å². The van der Waals surface area contributed by atoms with Crippen molar-refractivity contribution >= 4 is 11.6 Å². The Morgan fingerprint density at radius 2 is 2.18 bits per heavy atom. The van der Waals surface area contributed by atoms with Gasteiger partial charge in [-0.3, -0.25) is 14.9 Å². The minimum Gasteiger partial charge on any atom is -0.396 e. The summed E-state index contributed by atoms with van der Waals surface area (Å²) in [7, 11) is 0. The first-order valence-electron chi connectivity index (χ1n) is 5.21. The molecule has 0 spiro atoms. The molecule has 0 heterocycles. The Labute approximate surface area is 98.4 Å². The molecule has 0 fully saturated rings. The Balaban J connectivity index is 2.85. The molecule has 1 rings (SSSR count). The third-order valence-corrected chi connectivity index (χ3v) is 2.28. The van der Waals surface area contributed by atoms with E-state index in [1.807, 2.05) is 0 Å². The van der Waals surface area contributed by atoms with Gasteiger partial charge in [0.25, 0.3) is 11.6 Å². The van der Waals surface area contributed by atoms with Crippen LogP contribution in [0.3, 0.4) is 0 Å². The summed E-state index contributed by atoms with van der Waals surface area (Å²) < 4.78 is 0. The number of carbonyl (C=O) groups is 1. The summed E-state index contributed by atoms with van der Waals surface area (Å²) in [6, 6.07) is 5.53. The molecule has 0 aromatic heterocycles. The van der Waals surface area contributed by atoms with Crippen molar-refractivity contribution in [2.24, 2.45) is 0 Å². The molecule has 1 amide bonds. The van der Waals surface area contributed by atoms with Gasteiger partial charge in [-0.15, -0.1) is 0 Å². The van der Waals surface area contributed by atoms with Crippen LogP contribution < -0.4 is 5.32 Å². The van der Waals surface area contributed by atoms with Crippen LogP contribution in [-0.4, -0.2) is 28.6 Å². The van der Waals surface area contributed by atoms with E-state index in [-0.39, 0.29) is 23.9 Å². The van der Waals surface area contributed by atoms with Crippen LogP contribution in [-0.2, 0) is 0 Å². The SMILES string of the molecule is CC(CCO)NC(=O)c1ccccc1[N+](=O)[O-]. The summed E-state index contributed by atoms with van der Waals surface area (Å²) in [5.74, 6) is -0.502. The molecular weight excluding hydrogens is 224 g/mol. The zero-order valence-electron chi connectivity index (χ0n) is 9.42. The van der Waals surface area contributed by atoms with Crippen LogP contribution in [0.15, 0.2) is 24.3 Å². The van der Waals surface area contributed by atoms with Gasteiger partial charge in [0.1, 0.15) is 5.56 Å². The average Bonchev–Trinajstić information content (AvgIpc) is 2.29. The first kappa shape index (κ1) is 13.1. The van der Waals surface area contributed by atoms with Gasteiger partial charge in [-0.2, -0.15) is 0 Å². The molecule has 2 N–H and O–H groups in total. The maximum absolute atomic E-state index is 11.8. The number of rotatable bonds is 5. The van der Waals surface area contributed by atoms with Gasteiger partial charge in [0.2, 0.25) is 0 Å². The number of hydrogen-bond donors (Lipinski definition) is 2. The Morgan fingerprint density at radius 1 is 1.53 bits per heavy atom. The third-order valence-electron chi connectivity index (χ3n) is 2.28. The molecule has 0 aliphatic carbocycles. The number of nitro groups is 1. The van der Waals surface area contributed by atoms with Crippen LogP contribution in [0.2, 0.25) is 0 Å². The van der Waals surface area contributed by atoms with Crippen molar-refractivity contribution in [1.82, 2.24) is 5.32 Å². The van der Waals surface area contributed by atoms with Crippen LogP contribution >= 0.6 is 0 Å². The molecule has 6 nitrogen and oxygen atoms in total. The van der Waals surface area contributed by atoms with Crippen LogP contribution in [0.1, 0.15) is 23.7 Å². The molecule has 6 heteroatoms. The number of benzene rings is 1. The highest BCUT2D eigenvalue weighted by Gasteiger charge is 2.19. The summed E-state index contributed by atoms with van der Waals surface area (Å²) in [6.07, 6.45) is 0.409. The second-order valence-corrected chi connectivity index (χ2v) is 3.66. The lowest BCUT2D eigenvalue weighted by atomic mass is 10.1. The molecule has 0 radical (unpaired) electrons. The minimum atomic E-state index is -0.592. The van der Waals surface area contributed by atoms with Crippen molar-refractivity contribution in [2.75, 3.05) is 6.61 Å². The lowest BCUT2D eigenvalue weighted by Crippen LogP contribution is -2.33. The summed E-state index contributed by atoms with van der Waals surface area (Å²) in [4.78, 5) is 21.9. The number of aliphatic hydroxyl groups excluding tert-OH is 1. The lowest BCUT2D eigenvalue weighted by Gasteiger charge is -2.12. The number of amides is 1. The number of aliphatic hydroxyl groups is 1. The quantitative estimate of drug-likeness (QED) is 0.593. The summed E-state index contributed by atoms with van der Waals surface area (Å²) in [6.45, 7) is 1.68. The topological polar surface area (TPSA) is 92.5 Å². The zero-order chi connectivity index (χ0) is 12.8. The van der Waals surface area contributed by atoms with Gasteiger partial charge >= 0.3 is 0 Å². The van der Waals surface area contributed by atoms with E-state index in [9.17, 15) is 14.9 Å². The molecule has 0 saturated carbocycles. The predicted octanol–water partition coefficient (Wildman–Crippen LogP) is 1.10. The fourth-order valence-electron chi connectivity index (χ4n) is 1.39. The van der Waals surface area contributed by atoms with Gasteiger partial charge in [-0.25, -0.2) is 0 Å². The molecule has 1 aromatic carbocycles. The Morgan fingerprint density at radius 3 is 2.76 bits per heavy atom. The normalized spacial score (nSPS) is 11.9. The number of hydrogen-bond acceptors (Lipinski definition) is 4. The van der Waals surface area contributed by atoms with Gasteiger partial charge in [0.15, 0.2) is 0 Å². The Hall–Kier alpha value is -1.95. The smallest absolute Gasteiger partial charge is 0.282 e. The molecule has 92 valence electrons. The number of nitro benzene ring substituents is 1. The lowest BCUT2D eigenvalue weighted by molar-refractivity contribution is -0.385. The highest BCUT2D eigenvalue weighted by Crippen LogP contribution is 2.17. The molecule has 1 unspecified atom stereocenters. The average molecular weight is 238 g/mol. The van der Waals surface area contributed by atoms with Gasteiger partial charge in [-0.1, -0.05) is 12.1 Å². The van der Waals surface area contributed by atoms with Gasteiger partial charge in [0.05, 0.1) is 4.92 Å². The predicted molar refractivity (Wildman–Crippen MR) is 61.7 cm³/mol. The van der Waals surface area contributed by atoms with Crippen molar-refractivity contribution in [1.29, 1.82) is 0 Å². The number of carbonyl (C=O) groups excluding carboxylic acids is 1. The highest BCUT2D eigenvalue weighted by molar-refractivity contribution is 5.98. The zero-order valence-corrected chi connectivity index (χ0v) is 9.42. The standard InChI is InChI=1S/C11H14N2O4/c1-8(6-7-14)12-11(15)9-4-2-3-5-10(9)13(16)17/h2-5,8,14H,6-7H2,1H3,(H,12,15). The van der Waals surface area contributed by atoms with E-state index < -0.39 is 10.8 Å². The van der Waals surface area contributed by atoms with E-state index in [1.165, 1.54) is 18.2 Å². The van der Waals surface area contributed by atoms with Gasteiger partial charge in [0, 0.05) is 18.7 Å².